The van der Waals surface area contributed by atoms with Crippen LogP contribution in [0, 0.1) is 13.8 Å². The minimum absolute atomic E-state index is 0.608. The van der Waals surface area contributed by atoms with E-state index < -0.39 is 0 Å². The van der Waals surface area contributed by atoms with Gasteiger partial charge in [-0.2, -0.15) is 0 Å². The number of furan rings is 1. The van der Waals surface area contributed by atoms with Crippen LogP contribution in [0.2, 0.25) is 0 Å². The molecule has 1 aliphatic heterocycles. The lowest BCUT2D eigenvalue weighted by Gasteiger charge is -2.31. The zero-order valence-electron chi connectivity index (χ0n) is 15.7. The maximum Gasteiger partial charge on any atom is 0.117 e. The van der Waals surface area contributed by atoms with Crippen molar-refractivity contribution >= 4 is 11.0 Å². The number of piperidine rings is 1. The van der Waals surface area contributed by atoms with Crippen LogP contribution in [0.3, 0.4) is 0 Å². The van der Waals surface area contributed by atoms with E-state index >= 15 is 0 Å². The topological polar surface area (TPSA) is 57.1 Å². The van der Waals surface area contributed by atoms with Crippen molar-refractivity contribution in [2.24, 2.45) is 0 Å². The molecule has 1 aliphatic rings. The molecule has 5 nitrogen and oxygen atoms in total. The van der Waals surface area contributed by atoms with E-state index in [4.69, 9.17) is 9.40 Å². The molecular weight excluding hydrogens is 324 g/mol. The molecule has 0 atom stereocenters. The highest BCUT2D eigenvalue weighted by atomic mass is 16.3. The molecule has 2 N–H and O–H groups in total. The minimum Gasteiger partial charge on any atom is -0.468 e. The van der Waals surface area contributed by atoms with E-state index in [0.29, 0.717) is 6.04 Å². The van der Waals surface area contributed by atoms with Gasteiger partial charge >= 0.3 is 0 Å². The van der Waals surface area contributed by atoms with Gasteiger partial charge in [0.05, 0.1) is 23.8 Å². The first-order valence-corrected chi connectivity index (χ1v) is 9.62. The molecule has 0 saturated carbocycles. The Bertz CT molecular complexity index is 844. The van der Waals surface area contributed by atoms with Gasteiger partial charge in [0.15, 0.2) is 0 Å². The first kappa shape index (κ1) is 17.3. The molecule has 3 heterocycles. The quantitative estimate of drug-likeness (QED) is 0.712. The summed E-state index contributed by atoms with van der Waals surface area (Å²) in [5, 5.41) is 3.71. The number of aromatic nitrogens is 2. The summed E-state index contributed by atoms with van der Waals surface area (Å²) in [4.78, 5) is 10.7. The van der Waals surface area contributed by atoms with E-state index in [1.807, 2.05) is 6.07 Å². The van der Waals surface area contributed by atoms with Crippen LogP contribution in [0.25, 0.3) is 11.0 Å². The number of fused-ring (bicyclic) bond motifs is 1. The number of nitrogens with zero attached hydrogens (tertiary/aromatic N) is 2. The van der Waals surface area contributed by atoms with Gasteiger partial charge < -0.3 is 14.7 Å². The Morgan fingerprint density at radius 1 is 1.23 bits per heavy atom. The zero-order chi connectivity index (χ0) is 17.9. The third-order valence-corrected chi connectivity index (χ3v) is 5.57. The second-order valence-corrected chi connectivity index (χ2v) is 7.42. The lowest BCUT2D eigenvalue weighted by atomic mass is 10.0. The highest BCUT2D eigenvalue weighted by molar-refractivity contribution is 5.79. The summed E-state index contributed by atoms with van der Waals surface area (Å²) in [6, 6.07) is 8.92. The molecule has 0 spiro atoms. The fourth-order valence-corrected chi connectivity index (χ4v) is 3.80. The van der Waals surface area contributed by atoms with Crippen LogP contribution in [-0.2, 0) is 13.0 Å². The van der Waals surface area contributed by atoms with Crippen LogP contribution in [0.1, 0.15) is 35.6 Å². The maximum absolute atomic E-state index is 5.45. The zero-order valence-corrected chi connectivity index (χ0v) is 15.7. The minimum atomic E-state index is 0.608. The van der Waals surface area contributed by atoms with Crippen LogP contribution < -0.4 is 5.32 Å². The van der Waals surface area contributed by atoms with E-state index in [1.54, 1.807) is 6.26 Å². The van der Waals surface area contributed by atoms with Gasteiger partial charge in [0.1, 0.15) is 11.6 Å². The normalized spacial score (nSPS) is 16.5. The molecule has 1 aromatic carbocycles. The highest BCUT2D eigenvalue weighted by Gasteiger charge is 2.19. The van der Waals surface area contributed by atoms with Crippen molar-refractivity contribution in [3.63, 3.8) is 0 Å². The molecule has 0 bridgehead atoms. The van der Waals surface area contributed by atoms with E-state index in [2.05, 4.69) is 47.2 Å². The summed E-state index contributed by atoms with van der Waals surface area (Å²) >= 11 is 0. The number of rotatable bonds is 6. The molecule has 0 radical (unpaired) electrons. The van der Waals surface area contributed by atoms with Crippen molar-refractivity contribution in [3.8, 4) is 0 Å². The van der Waals surface area contributed by atoms with Gasteiger partial charge in [0.2, 0.25) is 0 Å². The second-order valence-electron chi connectivity index (χ2n) is 7.42. The van der Waals surface area contributed by atoms with Crippen molar-refractivity contribution in [1.29, 1.82) is 0 Å². The molecule has 138 valence electrons. The van der Waals surface area contributed by atoms with Crippen LogP contribution in [0.15, 0.2) is 34.9 Å². The molecule has 2 aromatic heterocycles. The highest BCUT2D eigenvalue weighted by Crippen LogP contribution is 2.19. The first-order chi connectivity index (χ1) is 12.7. The predicted octanol–water partition coefficient (Wildman–Crippen LogP) is 3.57. The third kappa shape index (κ3) is 3.84. The monoisotopic (exact) mass is 352 g/mol. The van der Waals surface area contributed by atoms with Gasteiger partial charge in [-0.15, -0.1) is 0 Å². The molecule has 0 amide bonds. The fourth-order valence-electron chi connectivity index (χ4n) is 3.80. The van der Waals surface area contributed by atoms with Crippen LogP contribution in [0.5, 0.6) is 0 Å². The summed E-state index contributed by atoms with van der Waals surface area (Å²) in [7, 11) is 0. The Hall–Kier alpha value is -2.11. The van der Waals surface area contributed by atoms with Gasteiger partial charge in [0, 0.05) is 32.1 Å². The van der Waals surface area contributed by atoms with Gasteiger partial charge in [0.25, 0.3) is 0 Å². The average Bonchev–Trinajstić information content (AvgIpc) is 3.30. The lowest BCUT2D eigenvalue weighted by molar-refractivity contribution is 0.179. The number of nitrogens with one attached hydrogen (secondary N) is 2. The Kier molecular flexibility index (Phi) is 5.09. The molecule has 0 unspecified atom stereocenters. The molecule has 4 rings (SSSR count). The molecule has 5 heteroatoms. The number of likely N-dealkylation sites (tertiary alicyclic amines) is 1. The number of hydrogen-bond acceptors (Lipinski definition) is 4. The summed E-state index contributed by atoms with van der Waals surface area (Å²) in [6.45, 7) is 8.45. The molecule has 0 aliphatic carbocycles. The van der Waals surface area contributed by atoms with E-state index in [-0.39, 0.29) is 0 Å². The molecule has 3 aromatic rings. The Morgan fingerprint density at radius 2 is 2.08 bits per heavy atom. The predicted molar refractivity (Wildman–Crippen MR) is 104 cm³/mol. The van der Waals surface area contributed by atoms with Gasteiger partial charge in [-0.05, 0) is 56.0 Å². The van der Waals surface area contributed by atoms with Crippen molar-refractivity contribution in [1.82, 2.24) is 20.2 Å². The van der Waals surface area contributed by atoms with E-state index in [1.165, 1.54) is 24.0 Å². The van der Waals surface area contributed by atoms with Crippen LogP contribution in [0.4, 0.5) is 0 Å². The van der Waals surface area contributed by atoms with Crippen molar-refractivity contribution in [2.75, 3.05) is 19.6 Å². The second kappa shape index (κ2) is 7.64. The Balaban J connectivity index is 1.24. The van der Waals surface area contributed by atoms with Crippen LogP contribution >= 0.6 is 0 Å². The Morgan fingerprint density at radius 3 is 2.85 bits per heavy atom. The molecule has 26 heavy (non-hydrogen) atoms. The van der Waals surface area contributed by atoms with Gasteiger partial charge in [-0.1, -0.05) is 6.07 Å². The van der Waals surface area contributed by atoms with E-state index in [0.717, 1.165) is 55.2 Å². The van der Waals surface area contributed by atoms with Crippen molar-refractivity contribution in [2.45, 2.75) is 45.7 Å². The number of imidazole rings is 1. The number of benzene rings is 1. The molecule has 1 saturated heterocycles. The van der Waals surface area contributed by atoms with Crippen LogP contribution in [-0.4, -0.2) is 40.5 Å². The number of aromatic amines is 1. The maximum atomic E-state index is 5.45. The molecular formula is C21H28N4O. The van der Waals surface area contributed by atoms with Crippen molar-refractivity contribution < 1.29 is 4.42 Å². The number of hydrogen-bond donors (Lipinski definition) is 2. The summed E-state index contributed by atoms with van der Waals surface area (Å²) < 4.78 is 5.45. The molecule has 1 fully saturated rings. The van der Waals surface area contributed by atoms with Gasteiger partial charge in [-0.3, -0.25) is 4.90 Å². The lowest BCUT2D eigenvalue weighted by Crippen LogP contribution is -2.42. The number of aryl methyl sites for hydroxylation is 2. The summed E-state index contributed by atoms with van der Waals surface area (Å²) in [5.41, 5.74) is 4.84. The first-order valence-electron chi connectivity index (χ1n) is 9.62. The standard InChI is InChI=1S/C21H28N4O/c1-15-5-6-19-21(16(15)2)24-20(23-19)7-10-22-17-8-11-25(12-9-17)14-18-4-3-13-26-18/h3-6,13,17,22H,7-12,14H2,1-2H3,(H,23,24). The smallest absolute Gasteiger partial charge is 0.117 e. The number of H-pyrrole nitrogens is 1. The Labute approximate surface area is 154 Å². The third-order valence-electron chi connectivity index (χ3n) is 5.57. The average molecular weight is 352 g/mol. The summed E-state index contributed by atoms with van der Waals surface area (Å²) in [6.07, 6.45) is 5.09. The fraction of sp³-hybridized carbons (Fsp3) is 0.476. The van der Waals surface area contributed by atoms with Gasteiger partial charge in [-0.25, -0.2) is 4.98 Å². The van der Waals surface area contributed by atoms with E-state index in [9.17, 15) is 0 Å². The largest absolute Gasteiger partial charge is 0.468 e. The van der Waals surface area contributed by atoms with Crippen molar-refractivity contribution in [3.05, 3.63) is 53.2 Å². The summed E-state index contributed by atoms with van der Waals surface area (Å²) in [5.74, 6) is 2.14. The SMILES string of the molecule is Cc1ccc2[nH]c(CCNC3CCN(Cc4ccco4)CC3)nc2c1C.